The Balaban J connectivity index is 1.49. The molecule has 4 rings (SSSR count). The summed E-state index contributed by atoms with van der Waals surface area (Å²) in [5.74, 6) is 2.37. The Bertz CT molecular complexity index is 900. The van der Waals surface area contributed by atoms with Gasteiger partial charge in [0.05, 0.1) is 25.0 Å². The fourth-order valence-corrected chi connectivity index (χ4v) is 3.04. The van der Waals surface area contributed by atoms with Crippen molar-refractivity contribution in [1.82, 2.24) is 15.2 Å². The molecule has 0 spiro atoms. The lowest BCUT2D eigenvalue weighted by atomic mass is 10.2. The van der Waals surface area contributed by atoms with E-state index in [0.717, 1.165) is 28.5 Å². The molecule has 1 aromatic carbocycles. The molecule has 27 heavy (non-hydrogen) atoms. The zero-order chi connectivity index (χ0) is 18.5. The first-order valence-electron chi connectivity index (χ1n) is 8.61. The van der Waals surface area contributed by atoms with E-state index in [0.29, 0.717) is 24.7 Å². The summed E-state index contributed by atoms with van der Waals surface area (Å²) in [6.07, 6.45) is 3.44. The highest BCUT2D eigenvalue weighted by molar-refractivity contribution is 7.80. The van der Waals surface area contributed by atoms with Crippen LogP contribution in [0.5, 0.6) is 11.5 Å². The molecule has 6 nitrogen and oxygen atoms in total. The highest BCUT2D eigenvalue weighted by atomic mass is 32.1. The number of nitrogens with zero attached hydrogens (tertiary/aromatic N) is 2. The molecule has 2 aromatic heterocycles. The Hall–Kier alpha value is -3.06. The molecule has 0 aliphatic carbocycles. The van der Waals surface area contributed by atoms with Crippen molar-refractivity contribution in [1.29, 1.82) is 0 Å². The monoisotopic (exact) mass is 381 g/mol. The molecule has 0 saturated carbocycles. The van der Waals surface area contributed by atoms with Gasteiger partial charge in [-0.05, 0) is 54.2 Å². The van der Waals surface area contributed by atoms with Crippen LogP contribution in [0.1, 0.15) is 17.0 Å². The van der Waals surface area contributed by atoms with E-state index in [4.69, 9.17) is 26.1 Å². The first kappa shape index (κ1) is 17.4. The number of pyridine rings is 1. The number of thiocarbonyl (C=S) groups is 1. The molecule has 1 aliphatic rings. The second-order valence-corrected chi connectivity index (χ2v) is 6.49. The van der Waals surface area contributed by atoms with Crippen LogP contribution in [0.4, 0.5) is 0 Å². The molecule has 1 N–H and O–H groups in total. The van der Waals surface area contributed by atoms with E-state index in [-0.39, 0.29) is 6.79 Å². The van der Waals surface area contributed by atoms with Crippen LogP contribution >= 0.6 is 12.2 Å². The van der Waals surface area contributed by atoms with E-state index in [2.05, 4.69) is 15.2 Å². The minimum Gasteiger partial charge on any atom is -0.467 e. The molecule has 0 radical (unpaired) electrons. The maximum Gasteiger partial charge on any atom is 0.231 e. The maximum absolute atomic E-state index is 5.64. The molecule has 0 amide bonds. The number of hydrogen-bond acceptors (Lipinski definition) is 5. The number of fused-ring (bicyclic) bond motifs is 1. The van der Waals surface area contributed by atoms with Gasteiger partial charge in [-0.3, -0.25) is 4.98 Å². The minimum absolute atomic E-state index is 0.263. The summed E-state index contributed by atoms with van der Waals surface area (Å²) in [5, 5.41) is 3.89. The fraction of sp³-hybridized carbons (Fsp3) is 0.200. The topological polar surface area (TPSA) is 59.8 Å². The van der Waals surface area contributed by atoms with Gasteiger partial charge in [-0.15, -0.1) is 0 Å². The fourth-order valence-electron chi connectivity index (χ4n) is 2.83. The molecule has 3 aromatic rings. The minimum atomic E-state index is 0.263. The highest BCUT2D eigenvalue weighted by Gasteiger charge is 2.17. The maximum atomic E-state index is 5.64. The van der Waals surface area contributed by atoms with Gasteiger partial charge in [0, 0.05) is 12.7 Å². The zero-order valence-electron chi connectivity index (χ0n) is 14.6. The van der Waals surface area contributed by atoms with Crippen LogP contribution in [0.25, 0.3) is 0 Å². The van der Waals surface area contributed by atoms with Crippen molar-refractivity contribution in [3.05, 3.63) is 78.0 Å². The lowest BCUT2D eigenvalue weighted by Crippen LogP contribution is -2.38. The Labute approximate surface area is 162 Å². The summed E-state index contributed by atoms with van der Waals surface area (Å²) in [7, 11) is 0. The van der Waals surface area contributed by atoms with Crippen LogP contribution < -0.4 is 14.8 Å². The average molecular weight is 381 g/mol. The Morgan fingerprint density at radius 3 is 2.81 bits per heavy atom. The van der Waals surface area contributed by atoms with Crippen LogP contribution in [0.3, 0.4) is 0 Å². The second kappa shape index (κ2) is 8.09. The summed E-state index contributed by atoms with van der Waals surface area (Å²) in [5.41, 5.74) is 2.03. The van der Waals surface area contributed by atoms with Gasteiger partial charge in [0.25, 0.3) is 0 Å². The predicted molar refractivity (Wildman–Crippen MR) is 104 cm³/mol. The van der Waals surface area contributed by atoms with Crippen molar-refractivity contribution in [3.63, 3.8) is 0 Å². The summed E-state index contributed by atoms with van der Waals surface area (Å²) < 4.78 is 16.2. The SMILES string of the molecule is S=C(NCc1ccco1)N(Cc1ccc2c(c1)OCO2)Cc1ccccn1. The summed E-state index contributed by atoms with van der Waals surface area (Å²) >= 11 is 5.64. The Morgan fingerprint density at radius 1 is 1.07 bits per heavy atom. The zero-order valence-corrected chi connectivity index (χ0v) is 15.4. The van der Waals surface area contributed by atoms with Crippen molar-refractivity contribution < 1.29 is 13.9 Å². The van der Waals surface area contributed by atoms with E-state index in [1.807, 2.05) is 48.5 Å². The number of furan rings is 1. The van der Waals surface area contributed by atoms with Gasteiger partial charge in [-0.1, -0.05) is 12.1 Å². The van der Waals surface area contributed by atoms with Crippen LogP contribution in [0.15, 0.2) is 65.4 Å². The number of aromatic nitrogens is 1. The molecule has 1 aliphatic heterocycles. The van der Waals surface area contributed by atoms with E-state index in [9.17, 15) is 0 Å². The third-order valence-electron chi connectivity index (χ3n) is 4.17. The molecule has 3 heterocycles. The highest BCUT2D eigenvalue weighted by Crippen LogP contribution is 2.32. The van der Waals surface area contributed by atoms with Crippen molar-refractivity contribution in [2.24, 2.45) is 0 Å². The smallest absolute Gasteiger partial charge is 0.231 e. The molecule has 0 bridgehead atoms. The van der Waals surface area contributed by atoms with Gasteiger partial charge in [0.15, 0.2) is 16.6 Å². The average Bonchev–Trinajstić information content (AvgIpc) is 3.38. The van der Waals surface area contributed by atoms with Crippen LogP contribution in [-0.2, 0) is 19.6 Å². The Kier molecular flexibility index (Phi) is 5.20. The lowest BCUT2D eigenvalue weighted by molar-refractivity contribution is 0.174. The van der Waals surface area contributed by atoms with Crippen molar-refractivity contribution in [2.45, 2.75) is 19.6 Å². The van der Waals surface area contributed by atoms with E-state index in [1.165, 1.54) is 0 Å². The third-order valence-corrected chi connectivity index (χ3v) is 4.57. The number of rotatable bonds is 6. The summed E-state index contributed by atoms with van der Waals surface area (Å²) in [6, 6.07) is 15.6. The number of benzene rings is 1. The molecule has 0 saturated heterocycles. The molecule has 0 fully saturated rings. The number of ether oxygens (including phenoxy) is 2. The second-order valence-electron chi connectivity index (χ2n) is 6.10. The van der Waals surface area contributed by atoms with Crippen molar-refractivity contribution in [2.75, 3.05) is 6.79 Å². The van der Waals surface area contributed by atoms with Crippen LogP contribution in [-0.4, -0.2) is 21.8 Å². The van der Waals surface area contributed by atoms with E-state index < -0.39 is 0 Å². The lowest BCUT2D eigenvalue weighted by Gasteiger charge is -2.25. The molecule has 138 valence electrons. The van der Waals surface area contributed by atoms with Gasteiger partial charge < -0.3 is 24.1 Å². The quantitative estimate of drug-likeness (QED) is 0.656. The number of hydrogen-bond donors (Lipinski definition) is 1. The van der Waals surface area contributed by atoms with Gasteiger partial charge in [0.1, 0.15) is 5.76 Å². The molecule has 7 heteroatoms. The third kappa shape index (κ3) is 4.38. The van der Waals surface area contributed by atoms with Gasteiger partial charge in [-0.25, -0.2) is 0 Å². The normalized spacial score (nSPS) is 12.0. The van der Waals surface area contributed by atoms with Gasteiger partial charge >= 0.3 is 0 Å². The largest absolute Gasteiger partial charge is 0.467 e. The summed E-state index contributed by atoms with van der Waals surface area (Å²) in [6.45, 7) is 2.02. The van der Waals surface area contributed by atoms with Crippen LogP contribution in [0, 0.1) is 0 Å². The first-order valence-corrected chi connectivity index (χ1v) is 9.02. The predicted octanol–water partition coefficient (Wildman–Crippen LogP) is 3.48. The van der Waals surface area contributed by atoms with Crippen molar-refractivity contribution in [3.8, 4) is 11.5 Å². The number of nitrogens with one attached hydrogen (secondary N) is 1. The van der Waals surface area contributed by atoms with Crippen LogP contribution in [0.2, 0.25) is 0 Å². The Morgan fingerprint density at radius 2 is 2.00 bits per heavy atom. The van der Waals surface area contributed by atoms with E-state index in [1.54, 1.807) is 12.5 Å². The van der Waals surface area contributed by atoms with Gasteiger partial charge in [-0.2, -0.15) is 0 Å². The molecule has 0 atom stereocenters. The standard InChI is InChI=1S/C20H19N3O3S/c27-20(22-11-17-5-3-9-24-17)23(13-16-4-1-2-8-21-16)12-15-6-7-18-19(10-15)26-14-25-18/h1-10H,11-14H2,(H,22,27). The molecular weight excluding hydrogens is 362 g/mol. The first-order chi connectivity index (χ1) is 13.3. The van der Waals surface area contributed by atoms with E-state index >= 15 is 0 Å². The molecular formula is C20H19N3O3S. The van der Waals surface area contributed by atoms with Gasteiger partial charge in [0.2, 0.25) is 6.79 Å². The molecule has 0 unspecified atom stereocenters. The van der Waals surface area contributed by atoms with Crippen molar-refractivity contribution >= 4 is 17.3 Å². The summed E-state index contributed by atoms with van der Waals surface area (Å²) in [4.78, 5) is 6.49.